The number of allylic oxidation sites excluding steroid dienone is 2. The highest BCUT2D eigenvalue weighted by molar-refractivity contribution is 7.85. The van der Waals surface area contributed by atoms with Gasteiger partial charge in [-0.15, -0.1) is 0 Å². The molecule has 0 heterocycles. The van der Waals surface area contributed by atoms with Gasteiger partial charge in [-0.3, -0.25) is 14.1 Å². The van der Waals surface area contributed by atoms with Crippen LogP contribution in [0.5, 0.6) is 0 Å². The van der Waals surface area contributed by atoms with Crippen molar-refractivity contribution in [2.75, 3.05) is 5.75 Å². The van der Waals surface area contributed by atoms with E-state index in [9.17, 15) is 22.6 Å². The lowest BCUT2D eigenvalue weighted by molar-refractivity contribution is -0.127. The number of rotatable bonds is 5. The average molecular weight is 497 g/mol. The summed E-state index contributed by atoms with van der Waals surface area (Å²) in [5.74, 6) is -0.0901. The molecule has 0 aliphatic heterocycles. The molecular formula is C29H36O5S. The Hall–Kier alpha value is -2.05. The minimum atomic E-state index is -4.27. The standard InChI is InChI=1S/C29H36O5S/c1-6-28-13-11-22(26(28,2)3)20(24(28)30)15-18-7-9-19(10-8-18)16-21-23-12-14-29(25(21)31,27(23,4)5)17-35(32,33)34/h7-10,15-16,22-23H,6,11-14,17H2,1-5H3,(H,32,33,34)/b20-15-,21-16-. The summed E-state index contributed by atoms with van der Waals surface area (Å²) in [6.07, 6.45) is 8.08. The van der Waals surface area contributed by atoms with E-state index in [-0.39, 0.29) is 22.5 Å². The summed E-state index contributed by atoms with van der Waals surface area (Å²) < 4.78 is 33.1. The number of carbonyl (C=O) groups excluding carboxylic acids is 2. The molecule has 0 radical (unpaired) electrons. The highest BCUT2D eigenvalue weighted by Gasteiger charge is 2.68. The van der Waals surface area contributed by atoms with Crippen LogP contribution < -0.4 is 0 Å². The summed E-state index contributed by atoms with van der Waals surface area (Å²) in [5.41, 5.74) is 1.63. The van der Waals surface area contributed by atoms with Crippen LogP contribution in [0.25, 0.3) is 12.2 Å². The summed E-state index contributed by atoms with van der Waals surface area (Å²) in [6.45, 7) is 10.5. The van der Waals surface area contributed by atoms with Gasteiger partial charge in [-0.1, -0.05) is 58.9 Å². The Balaban J connectivity index is 1.44. The summed E-state index contributed by atoms with van der Waals surface area (Å²) in [5, 5.41) is 0. The molecule has 4 fully saturated rings. The van der Waals surface area contributed by atoms with Crippen LogP contribution in [-0.4, -0.2) is 30.3 Å². The fraction of sp³-hybridized carbons (Fsp3) is 0.586. The Bertz CT molecular complexity index is 1280. The van der Waals surface area contributed by atoms with Crippen LogP contribution in [0.2, 0.25) is 0 Å². The summed E-state index contributed by atoms with van der Waals surface area (Å²) >= 11 is 0. The van der Waals surface area contributed by atoms with Gasteiger partial charge in [0.05, 0.1) is 11.2 Å². The number of fused-ring (bicyclic) bond motifs is 4. The van der Waals surface area contributed by atoms with Crippen molar-refractivity contribution >= 4 is 33.8 Å². The second-order valence-electron chi connectivity index (χ2n) is 12.4. The Morgan fingerprint density at radius 1 is 0.829 bits per heavy atom. The average Bonchev–Trinajstić information content (AvgIpc) is 3.28. The van der Waals surface area contributed by atoms with E-state index in [2.05, 4.69) is 26.8 Å². The number of carbonyl (C=O) groups is 2. The number of ketones is 2. The third kappa shape index (κ3) is 3.18. The molecule has 4 aliphatic carbocycles. The topological polar surface area (TPSA) is 88.5 Å². The number of hydrogen-bond acceptors (Lipinski definition) is 4. The second-order valence-corrected chi connectivity index (χ2v) is 13.8. The molecule has 1 aromatic rings. The molecule has 0 aromatic heterocycles. The van der Waals surface area contributed by atoms with Gasteiger partial charge in [0, 0.05) is 11.0 Å². The van der Waals surface area contributed by atoms with E-state index in [0.29, 0.717) is 23.7 Å². The Labute approximate surface area is 208 Å². The molecule has 1 N–H and O–H groups in total. The maximum absolute atomic E-state index is 13.4. The number of benzene rings is 1. The van der Waals surface area contributed by atoms with Gasteiger partial charge in [-0.2, -0.15) is 8.42 Å². The van der Waals surface area contributed by atoms with E-state index >= 15 is 0 Å². The molecule has 4 bridgehead atoms. The third-order valence-electron chi connectivity index (χ3n) is 10.7. The summed E-state index contributed by atoms with van der Waals surface area (Å²) in [6, 6.07) is 7.89. The normalized spacial score (nSPS) is 37.2. The van der Waals surface area contributed by atoms with Crippen molar-refractivity contribution < 1.29 is 22.6 Å². The van der Waals surface area contributed by atoms with Gasteiger partial charge in [0.1, 0.15) is 0 Å². The van der Waals surface area contributed by atoms with Crippen molar-refractivity contribution in [3.05, 3.63) is 46.5 Å². The van der Waals surface area contributed by atoms with Gasteiger partial charge in [0.2, 0.25) is 0 Å². The van der Waals surface area contributed by atoms with Crippen LogP contribution in [0.4, 0.5) is 0 Å². The molecule has 4 unspecified atom stereocenters. The Morgan fingerprint density at radius 2 is 1.23 bits per heavy atom. The quantitative estimate of drug-likeness (QED) is 0.413. The fourth-order valence-electron chi connectivity index (χ4n) is 8.39. The molecule has 6 heteroatoms. The SMILES string of the molecule is CCC12CCC(/C(=C/c3ccc(/C=C4\C(=O)C5(CS(=O)(=O)O)CCC4C5(C)C)cc3)C1=O)C2(C)C. The van der Waals surface area contributed by atoms with E-state index in [1.54, 1.807) is 0 Å². The van der Waals surface area contributed by atoms with Crippen LogP contribution >= 0.6 is 0 Å². The molecule has 4 atom stereocenters. The zero-order chi connectivity index (χ0) is 25.6. The zero-order valence-corrected chi connectivity index (χ0v) is 22.2. The molecule has 0 amide bonds. The van der Waals surface area contributed by atoms with Gasteiger partial charge >= 0.3 is 0 Å². The van der Waals surface area contributed by atoms with Crippen molar-refractivity contribution in [3.8, 4) is 0 Å². The molecule has 5 nitrogen and oxygen atoms in total. The van der Waals surface area contributed by atoms with E-state index in [0.717, 1.165) is 42.4 Å². The van der Waals surface area contributed by atoms with Crippen molar-refractivity contribution in [2.45, 2.75) is 66.7 Å². The first-order chi connectivity index (χ1) is 16.2. The van der Waals surface area contributed by atoms with Crippen LogP contribution in [0.1, 0.15) is 77.8 Å². The third-order valence-corrected chi connectivity index (χ3v) is 11.5. The lowest BCUT2D eigenvalue weighted by Gasteiger charge is -2.34. The predicted molar refractivity (Wildman–Crippen MR) is 137 cm³/mol. The number of Topliss-reactive ketones (excluding diaryl/α,β-unsaturated/α-hetero) is 2. The zero-order valence-electron chi connectivity index (χ0n) is 21.3. The molecule has 4 saturated carbocycles. The maximum atomic E-state index is 13.4. The minimum Gasteiger partial charge on any atom is -0.294 e. The van der Waals surface area contributed by atoms with Crippen molar-refractivity contribution in [1.82, 2.24) is 0 Å². The molecular weight excluding hydrogens is 460 g/mol. The van der Waals surface area contributed by atoms with E-state index in [1.165, 1.54) is 0 Å². The Morgan fingerprint density at radius 3 is 1.63 bits per heavy atom. The van der Waals surface area contributed by atoms with E-state index < -0.39 is 26.7 Å². The second kappa shape index (κ2) is 7.48. The van der Waals surface area contributed by atoms with Crippen molar-refractivity contribution in [2.24, 2.45) is 33.5 Å². The highest BCUT2D eigenvalue weighted by atomic mass is 32.2. The van der Waals surface area contributed by atoms with Crippen LogP contribution in [0, 0.1) is 33.5 Å². The lowest BCUT2D eigenvalue weighted by Crippen LogP contribution is -2.42. The van der Waals surface area contributed by atoms with Crippen molar-refractivity contribution in [1.29, 1.82) is 0 Å². The van der Waals surface area contributed by atoms with Gasteiger partial charge in [-0.25, -0.2) is 0 Å². The minimum absolute atomic E-state index is 0.0119. The first-order valence-corrected chi connectivity index (χ1v) is 14.4. The predicted octanol–water partition coefficient (Wildman–Crippen LogP) is 5.76. The Kier molecular flexibility index (Phi) is 5.27. The smallest absolute Gasteiger partial charge is 0.265 e. The van der Waals surface area contributed by atoms with Crippen LogP contribution in [0.15, 0.2) is 35.4 Å². The molecule has 4 aliphatic rings. The first kappa shape index (κ1) is 24.6. The van der Waals surface area contributed by atoms with E-state index in [1.807, 2.05) is 44.2 Å². The first-order valence-electron chi connectivity index (χ1n) is 12.8. The molecule has 0 spiro atoms. The van der Waals surface area contributed by atoms with E-state index in [4.69, 9.17) is 0 Å². The molecule has 1 aromatic carbocycles. The fourth-order valence-corrected chi connectivity index (χ4v) is 9.66. The van der Waals surface area contributed by atoms with Crippen molar-refractivity contribution in [3.63, 3.8) is 0 Å². The largest absolute Gasteiger partial charge is 0.294 e. The number of hydrogen-bond donors (Lipinski definition) is 1. The highest BCUT2D eigenvalue weighted by Crippen LogP contribution is 2.68. The van der Waals surface area contributed by atoms with Crippen LogP contribution in [-0.2, 0) is 19.7 Å². The molecule has 0 saturated heterocycles. The molecule has 188 valence electrons. The lowest BCUT2D eigenvalue weighted by atomic mass is 9.67. The van der Waals surface area contributed by atoms with Gasteiger partial charge < -0.3 is 0 Å². The summed E-state index contributed by atoms with van der Waals surface area (Å²) in [7, 11) is -4.27. The van der Waals surface area contributed by atoms with Gasteiger partial charge in [0.25, 0.3) is 10.1 Å². The maximum Gasteiger partial charge on any atom is 0.265 e. The van der Waals surface area contributed by atoms with Gasteiger partial charge in [0.15, 0.2) is 11.6 Å². The van der Waals surface area contributed by atoms with Crippen LogP contribution in [0.3, 0.4) is 0 Å². The molecule has 35 heavy (non-hydrogen) atoms. The summed E-state index contributed by atoms with van der Waals surface area (Å²) in [4.78, 5) is 26.8. The monoisotopic (exact) mass is 496 g/mol. The van der Waals surface area contributed by atoms with Gasteiger partial charge in [-0.05, 0) is 83.6 Å². The molecule has 5 rings (SSSR count).